The third-order valence-electron chi connectivity index (χ3n) is 4.46. The van der Waals surface area contributed by atoms with E-state index < -0.39 is 15.1 Å². The Bertz CT molecular complexity index is 430. The monoisotopic (exact) mass is 302 g/mol. The van der Waals surface area contributed by atoms with Crippen LogP contribution < -0.4 is 5.32 Å². The van der Waals surface area contributed by atoms with Gasteiger partial charge >= 0.3 is 0 Å². The van der Waals surface area contributed by atoms with Crippen molar-refractivity contribution in [2.75, 3.05) is 25.9 Å². The molecule has 116 valence electrons. The van der Waals surface area contributed by atoms with E-state index in [4.69, 9.17) is 0 Å². The first-order chi connectivity index (χ1) is 9.50. The average Bonchev–Trinajstić information content (AvgIpc) is 2.44. The number of hydrogen-bond donors (Lipinski definition) is 1. The molecule has 2 atom stereocenters. The summed E-state index contributed by atoms with van der Waals surface area (Å²) in [5.74, 6) is -0.0398. The van der Waals surface area contributed by atoms with Gasteiger partial charge in [0.1, 0.15) is 5.25 Å². The van der Waals surface area contributed by atoms with E-state index in [0.29, 0.717) is 25.4 Å². The van der Waals surface area contributed by atoms with Crippen molar-refractivity contribution in [1.82, 2.24) is 10.2 Å². The number of carbonyl (C=O) groups is 1. The molecule has 2 aliphatic heterocycles. The van der Waals surface area contributed by atoms with E-state index in [2.05, 4.69) is 5.32 Å². The van der Waals surface area contributed by atoms with E-state index in [1.165, 1.54) is 12.8 Å². The molecule has 2 heterocycles. The molecule has 0 aromatic carbocycles. The van der Waals surface area contributed by atoms with Crippen molar-refractivity contribution in [2.45, 2.75) is 56.2 Å². The highest BCUT2D eigenvalue weighted by Crippen LogP contribution is 2.21. The molecule has 1 N–H and O–H groups in total. The molecule has 2 unspecified atom stereocenters. The average molecular weight is 302 g/mol. The van der Waals surface area contributed by atoms with Crippen molar-refractivity contribution in [3.63, 3.8) is 0 Å². The van der Waals surface area contributed by atoms with E-state index in [-0.39, 0.29) is 11.7 Å². The van der Waals surface area contributed by atoms with E-state index in [1.54, 1.807) is 11.9 Å². The minimum Gasteiger partial charge on any atom is -0.345 e. The summed E-state index contributed by atoms with van der Waals surface area (Å²) < 4.78 is 23.9. The van der Waals surface area contributed by atoms with Crippen LogP contribution >= 0.6 is 0 Å². The number of hydrogen-bond acceptors (Lipinski definition) is 4. The third-order valence-corrected chi connectivity index (χ3v) is 6.62. The molecule has 2 fully saturated rings. The molecule has 0 aromatic heterocycles. The highest BCUT2D eigenvalue weighted by Gasteiger charge is 2.36. The summed E-state index contributed by atoms with van der Waals surface area (Å²) in [6, 6.07) is 0.474. The Morgan fingerprint density at radius 2 is 1.95 bits per heavy atom. The van der Waals surface area contributed by atoms with E-state index in [9.17, 15) is 13.2 Å². The first-order valence-electron chi connectivity index (χ1n) is 7.70. The van der Waals surface area contributed by atoms with Crippen LogP contribution in [0.25, 0.3) is 0 Å². The van der Waals surface area contributed by atoms with Crippen LogP contribution in [0.1, 0.15) is 44.9 Å². The SMILES string of the molecule is CN(CCC1CCCCN1)C(=O)C1CCCCS1(=O)=O. The number of nitrogens with zero attached hydrogens (tertiary/aromatic N) is 1. The van der Waals surface area contributed by atoms with Gasteiger partial charge < -0.3 is 10.2 Å². The second kappa shape index (κ2) is 6.89. The molecule has 20 heavy (non-hydrogen) atoms. The summed E-state index contributed by atoms with van der Waals surface area (Å²) >= 11 is 0. The first kappa shape index (κ1) is 15.8. The highest BCUT2D eigenvalue weighted by atomic mass is 32.2. The Balaban J connectivity index is 1.84. The molecule has 1 amide bonds. The molecule has 0 spiro atoms. The maximum absolute atomic E-state index is 12.3. The Morgan fingerprint density at radius 3 is 2.60 bits per heavy atom. The lowest BCUT2D eigenvalue weighted by molar-refractivity contribution is -0.129. The quantitative estimate of drug-likeness (QED) is 0.839. The van der Waals surface area contributed by atoms with E-state index >= 15 is 0 Å². The summed E-state index contributed by atoms with van der Waals surface area (Å²) in [4.78, 5) is 13.9. The summed E-state index contributed by atoms with van der Waals surface area (Å²) in [6.45, 7) is 1.70. The van der Waals surface area contributed by atoms with Crippen LogP contribution in [0.15, 0.2) is 0 Å². The number of rotatable bonds is 4. The molecular weight excluding hydrogens is 276 g/mol. The predicted molar refractivity (Wildman–Crippen MR) is 79.3 cm³/mol. The second-order valence-electron chi connectivity index (χ2n) is 6.05. The van der Waals surface area contributed by atoms with Gasteiger partial charge in [-0.1, -0.05) is 12.8 Å². The third kappa shape index (κ3) is 3.95. The summed E-state index contributed by atoms with van der Waals surface area (Å²) in [5.41, 5.74) is 0. The van der Waals surface area contributed by atoms with Crippen molar-refractivity contribution >= 4 is 15.7 Å². The van der Waals surface area contributed by atoms with Gasteiger partial charge in [0.2, 0.25) is 5.91 Å². The van der Waals surface area contributed by atoms with Gasteiger partial charge in [0.05, 0.1) is 5.75 Å². The van der Waals surface area contributed by atoms with E-state index in [1.807, 2.05) is 0 Å². The first-order valence-corrected chi connectivity index (χ1v) is 9.42. The topological polar surface area (TPSA) is 66.5 Å². The Morgan fingerprint density at radius 1 is 1.20 bits per heavy atom. The molecule has 2 aliphatic rings. The molecule has 6 heteroatoms. The summed E-state index contributed by atoms with van der Waals surface area (Å²) in [7, 11) is -1.49. The van der Waals surface area contributed by atoms with Gasteiger partial charge in [-0.05, 0) is 38.6 Å². The molecule has 0 aliphatic carbocycles. The fraction of sp³-hybridized carbons (Fsp3) is 0.929. The van der Waals surface area contributed by atoms with Crippen LogP contribution in [0.2, 0.25) is 0 Å². The van der Waals surface area contributed by atoms with Gasteiger partial charge in [-0.15, -0.1) is 0 Å². The Kier molecular flexibility index (Phi) is 5.43. The number of amides is 1. The van der Waals surface area contributed by atoms with Crippen molar-refractivity contribution in [2.24, 2.45) is 0 Å². The minimum absolute atomic E-state index is 0.168. The lowest BCUT2D eigenvalue weighted by Gasteiger charge is -2.29. The number of piperidine rings is 1. The summed E-state index contributed by atoms with van der Waals surface area (Å²) in [5, 5.41) is 2.66. The van der Waals surface area contributed by atoms with Gasteiger partial charge in [0.25, 0.3) is 0 Å². The van der Waals surface area contributed by atoms with Crippen LogP contribution in [0.3, 0.4) is 0 Å². The van der Waals surface area contributed by atoms with Crippen molar-refractivity contribution in [3.8, 4) is 0 Å². The van der Waals surface area contributed by atoms with E-state index in [0.717, 1.165) is 25.8 Å². The van der Waals surface area contributed by atoms with Crippen LogP contribution in [-0.2, 0) is 14.6 Å². The number of sulfone groups is 1. The maximum Gasteiger partial charge on any atom is 0.240 e. The largest absolute Gasteiger partial charge is 0.345 e. The smallest absolute Gasteiger partial charge is 0.240 e. The van der Waals surface area contributed by atoms with Crippen LogP contribution in [0.4, 0.5) is 0 Å². The minimum atomic E-state index is -3.22. The zero-order chi connectivity index (χ0) is 14.6. The zero-order valence-corrected chi connectivity index (χ0v) is 13.1. The van der Waals surface area contributed by atoms with Crippen LogP contribution in [-0.4, -0.2) is 56.4 Å². The molecule has 0 aromatic rings. The Labute approximate surface area is 122 Å². The van der Waals surface area contributed by atoms with Crippen molar-refractivity contribution in [1.29, 1.82) is 0 Å². The molecule has 2 rings (SSSR count). The standard InChI is InChI=1S/C14H26N2O3S/c1-16(10-8-12-6-2-4-9-15-12)14(17)13-7-3-5-11-20(13,18)19/h12-13,15H,2-11H2,1H3. The number of nitrogens with one attached hydrogen (secondary N) is 1. The van der Waals surface area contributed by atoms with Gasteiger partial charge in [0, 0.05) is 19.6 Å². The number of carbonyl (C=O) groups excluding carboxylic acids is 1. The van der Waals surface area contributed by atoms with Crippen molar-refractivity contribution < 1.29 is 13.2 Å². The van der Waals surface area contributed by atoms with Crippen LogP contribution in [0, 0.1) is 0 Å². The molecule has 0 saturated carbocycles. The predicted octanol–water partition coefficient (Wildman–Crippen LogP) is 0.944. The van der Waals surface area contributed by atoms with Crippen LogP contribution in [0.5, 0.6) is 0 Å². The highest BCUT2D eigenvalue weighted by molar-refractivity contribution is 7.92. The normalized spacial score (nSPS) is 29.9. The molecule has 0 radical (unpaired) electrons. The lowest BCUT2D eigenvalue weighted by Crippen LogP contribution is -2.45. The molecule has 0 bridgehead atoms. The second-order valence-corrected chi connectivity index (χ2v) is 8.35. The van der Waals surface area contributed by atoms with Gasteiger partial charge in [-0.25, -0.2) is 8.42 Å². The van der Waals surface area contributed by atoms with Gasteiger partial charge in [0.15, 0.2) is 9.84 Å². The fourth-order valence-electron chi connectivity index (χ4n) is 3.11. The molecule has 2 saturated heterocycles. The maximum atomic E-state index is 12.3. The van der Waals surface area contributed by atoms with Gasteiger partial charge in [-0.3, -0.25) is 4.79 Å². The Hall–Kier alpha value is -0.620. The van der Waals surface area contributed by atoms with Gasteiger partial charge in [-0.2, -0.15) is 0 Å². The van der Waals surface area contributed by atoms with Crippen molar-refractivity contribution in [3.05, 3.63) is 0 Å². The summed E-state index contributed by atoms with van der Waals surface area (Å²) in [6.07, 6.45) is 6.57. The lowest BCUT2D eigenvalue weighted by atomic mass is 10.0. The molecular formula is C14H26N2O3S. The fourth-order valence-corrected chi connectivity index (χ4v) is 5.01. The molecule has 5 nitrogen and oxygen atoms in total. The zero-order valence-electron chi connectivity index (χ0n) is 12.3.